The summed E-state index contributed by atoms with van der Waals surface area (Å²) in [4.78, 5) is 21.9. The number of nitrogens with zero attached hydrogens (tertiary/aromatic N) is 3. The van der Waals surface area contributed by atoms with E-state index >= 15 is 0 Å². The molecule has 0 radical (unpaired) electrons. The molecule has 24 heavy (non-hydrogen) atoms. The van der Waals surface area contributed by atoms with Crippen LogP contribution < -0.4 is 5.56 Å². The van der Waals surface area contributed by atoms with Crippen LogP contribution in [0.2, 0.25) is 0 Å². The Morgan fingerprint density at radius 2 is 2.04 bits per heavy atom. The minimum absolute atomic E-state index is 0.0559. The first-order valence-electron chi connectivity index (χ1n) is 7.65. The highest BCUT2D eigenvalue weighted by Gasteiger charge is 2.14. The van der Waals surface area contributed by atoms with Gasteiger partial charge in [-0.3, -0.25) is 9.36 Å². The summed E-state index contributed by atoms with van der Waals surface area (Å²) in [6.45, 7) is 2.91. The zero-order valence-electron chi connectivity index (χ0n) is 13.9. The van der Waals surface area contributed by atoms with Gasteiger partial charge in [0, 0.05) is 24.3 Å². The summed E-state index contributed by atoms with van der Waals surface area (Å²) >= 11 is 1.46. The molecule has 0 saturated carbocycles. The average molecular weight is 341 g/mol. The van der Waals surface area contributed by atoms with Gasteiger partial charge in [-0.2, -0.15) is 0 Å². The number of hydrogen-bond acceptors (Lipinski definition) is 5. The predicted molar refractivity (Wildman–Crippen MR) is 97.6 cm³/mol. The van der Waals surface area contributed by atoms with Crippen LogP contribution >= 0.6 is 11.8 Å². The number of methoxy groups -OCH3 is 1. The van der Waals surface area contributed by atoms with Gasteiger partial charge >= 0.3 is 0 Å². The Labute approximate surface area is 144 Å². The number of aromatic nitrogens is 3. The summed E-state index contributed by atoms with van der Waals surface area (Å²) in [7, 11) is 1.63. The third-order valence-corrected chi connectivity index (χ3v) is 4.50. The lowest BCUT2D eigenvalue weighted by Gasteiger charge is -2.13. The van der Waals surface area contributed by atoms with E-state index in [0.29, 0.717) is 29.5 Å². The molecule has 6 heteroatoms. The molecule has 0 unspecified atom stereocenters. The molecule has 0 aliphatic rings. The smallest absolute Gasteiger partial charge is 0.260 e. The van der Waals surface area contributed by atoms with Crippen molar-refractivity contribution in [1.29, 1.82) is 0 Å². The Morgan fingerprint density at radius 1 is 1.25 bits per heavy atom. The lowest BCUT2D eigenvalue weighted by atomic mass is 10.0. The van der Waals surface area contributed by atoms with Gasteiger partial charge < -0.3 is 4.74 Å². The quantitative estimate of drug-likeness (QED) is 0.527. The Bertz CT molecular complexity index is 937. The Kier molecular flexibility index (Phi) is 4.97. The highest BCUT2D eigenvalue weighted by molar-refractivity contribution is 7.98. The summed E-state index contributed by atoms with van der Waals surface area (Å²) in [5.74, 6) is 0. The van der Waals surface area contributed by atoms with Gasteiger partial charge in [0.1, 0.15) is 5.65 Å². The van der Waals surface area contributed by atoms with Crippen LogP contribution in [-0.2, 0) is 11.3 Å². The first-order valence-corrected chi connectivity index (χ1v) is 8.87. The lowest BCUT2D eigenvalue weighted by molar-refractivity contribution is 0.187. The monoisotopic (exact) mass is 341 g/mol. The van der Waals surface area contributed by atoms with E-state index in [1.807, 2.05) is 43.5 Å². The number of thioether (sulfide) groups is 1. The molecular formula is C18H19N3O2S. The van der Waals surface area contributed by atoms with Gasteiger partial charge in [-0.15, -0.1) is 0 Å². The summed E-state index contributed by atoms with van der Waals surface area (Å²) in [5, 5.41) is 1.50. The number of aryl methyl sites for hydroxylation is 1. The molecule has 0 fully saturated rings. The second-order valence-electron chi connectivity index (χ2n) is 5.46. The summed E-state index contributed by atoms with van der Waals surface area (Å²) < 4.78 is 6.85. The topological polar surface area (TPSA) is 57.0 Å². The molecule has 0 saturated heterocycles. The Balaban J connectivity index is 2.31. The standard InChI is InChI=1S/C18H19N3O2S/c1-12-6-4-5-7-14(12)15-10-13-11-19-18(24-3)20-16(13)21(17(15)22)8-9-23-2/h4-7,10-11H,8-9H2,1-3H3. The van der Waals surface area contributed by atoms with E-state index in [9.17, 15) is 4.79 Å². The molecule has 5 nitrogen and oxygen atoms in total. The Hall–Kier alpha value is -2.18. The largest absolute Gasteiger partial charge is 0.383 e. The van der Waals surface area contributed by atoms with Gasteiger partial charge in [-0.25, -0.2) is 9.97 Å². The van der Waals surface area contributed by atoms with E-state index < -0.39 is 0 Å². The van der Waals surface area contributed by atoms with Gasteiger partial charge in [-0.1, -0.05) is 36.0 Å². The molecule has 2 heterocycles. The van der Waals surface area contributed by atoms with Gasteiger partial charge in [0.2, 0.25) is 0 Å². The van der Waals surface area contributed by atoms with Gasteiger partial charge in [-0.05, 0) is 30.4 Å². The van der Waals surface area contributed by atoms with Crippen molar-refractivity contribution in [3.63, 3.8) is 0 Å². The fraction of sp³-hybridized carbons (Fsp3) is 0.278. The second kappa shape index (κ2) is 7.15. The van der Waals surface area contributed by atoms with Crippen LogP contribution in [-0.4, -0.2) is 34.5 Å². The molecular weight excluding hydrogens is 322 g/mol. The molecule has 0 N–H and O–H groups in total. The fourth-order valence-electron chi connectivity index (χ4n) is 2.70. The van der Waals surface area contributed by atoms with Crippen LogP contribution in [0, 0.1) is 6.92 Å². The van der Waals surface area contributed by atoms with Crippen LogP contribution in [0.4, 0.5) is 0 Å². The number of pyridine rings is 1. The maximum Gasteiger partial charge on any atom is 0.260 e. The summed E-state index contributed by atoms with van der Waals surface area (Å²) in [5.41, 5.74) is 3.25. The number of ether oxygens (including phenoxy) is 1. The van der Waals surface area contributed by atoms with Crippen molar-refractivity contribution < 1.29 is 4.74 Å². The molecule has 0 amide bonds. The van der Waals surface area contributed by atoms with Crippen molar-refractivity contribution in [2.75, 3.05) is 20.0 Å². The van der Waals surface area contributed by atoms with E-state index in [4.69, 9.17) is 4.74 Å². The van der Waals surface area contributed by atoms with Crippen LogP contribution in [0.25, 0.3) is 22.2 Å². The summed E-state index contributed by atoms with van der Waals surface area (Å²) in [6, 6.07) is 9.77. The molecule has 3 rings (SSSR count). The molecule has 0 bridgehead atoms. The van der Waals surface area contributed by atoms with Crippen molar-refractivity contribution in [3.05, 3.63) is 52.4 Å². The van der Waals surface area contributed by atoms with Crippen LogP contribution in [0.1, 0.15) is 5.56 Å². The normalized spacial score (nSPS) is 11.1. The zero-order chi connectivity index (χ0) is 17.1. The fourth-order valence-corrected chi connectivity index (χ4v) is 3.04. The molecule has 0 aliphatic carbocycles. The SMILES string of the molecule is COCCn1c(=O)c(-c2ccccc2C)cc2cnc(SC)nc21. The maximum absolute atomic E-state index is 13.1. The number of fused-ring (bicyclic) bond motifs is 1. The van der Waals surface area contributed by atoms with Gasteiger partial charge in [0.05, 0.1) is 13.2 Å². The van der Waals surface area contributed by atoms with Crippen LogP contribution in [0.3, 0.4) is 0 Å². The highest BCUT2D eigenvalue weighted by Crippen LogP contribution is 2.24. The molecule has 0 spiro atoms. The minimum Gasteiger partial charge on any atom is -0.383 e. The predicted octanol–water partition coefficient (Wildman–Crippen LogP) is 3.14. The van der Waals surface area contributed by atoms with Crippen molar-refractivity contribution in [2.45, 2.75) is 18.6 Å². The van der Waals surface area contributed by atoms with Crippen molar-refractivity contribution in [3.8, 4) is 11.1 Å². The lowest BCUT2D eigenvalue weighted by Crippen LogP contribution is -2.25. The van der Waals surface area contributed by atoms with E-state index in [1.165, 1.54) is 11.8 Å². The van der Waals surface area contributed by atoms with Crippen LogP contribution in [0.15, 0.2) is 46.5 Å². The minimum atomic E-state index is -0.0559. The van der Waals surface area contributed by atoms with Crippen molar-refractivity contribution in [2.24, 2.45) is 0 Å². The Morgan fingerprint density at radius 3 is 2.75 bits per heavy atom. The second-order valence-corrected chi connectivity index (χ2v) is 6.23. The van der Waals surface area contributed by atoms with E-state index in [2.05, 4.69) is 9.97 Å². The molecule has 2 aromatic heterocycles. The van der Waals surface area contributed by atoms with Crippen molar-refractivity contribution in [1.82, 2.24) is 14.5 Å². The van der Waals surface area contributed by atoms with Gasteiger partial charge in [0.25, 0.3) is 5.56 Å². The highest BCUT2D eigenvalue weighted by atomic mass is 32.2. The molecule has 124 valence electrons. The molecule has 0 aliphatic heterocycles. The van der Waals surface area contributed by atoms with Crippen molar-refractivity contribution >= 4 is 22.8 Å². The molecule has 3 aromatic rings. The number of hydrogen-bond donors (Lipinski definition) is 0. The average Bonchev–Trinajstić information content (AvgIpc) is 2.61. The molecule has 1 aromatic carbocycles. The first kappa shape index (κ1) is 16.7. The van der Waals surface area contributed by atoms with Crippen LogP contribution in [0.5, 0.6) is 0 Å². The van der Waals surface area contributed by atoms with E-state index in [0.717, 1.165) is 16.5 Å². The number of benzene rings is 1. The van der Waals surface area contributed by atoms with Gasteiger partial charge in [0.15, 0.2) is 5.16 Å². The van der Waals surface area contributed by atoms with E-state index in [1.54, 1.807) is 17.9 Å². The summed E-state index contributed by atoms with van der Waals surface area (Å²) in [6.07, 6.45) is 3.69. The van der Waals surface area contributed by atoms with E-state index in [-0.39, 0.29) is 5.56 Å². The molecule has 0 atom stereocenters. The zero-order valence-corrected chi connectivity index (χ0v) is 14.8. The third-order valence-electron chi connectivity index (χ3n) is 3.94. The third kappa shape index (κ3) is 3.07. The maximum atomic E-state index is 13.1. The first-order chi connectivity index (χ1) is 11.7. The number of rotatable bonds is 5.